The number of carbonyl (C=O) groups is 1. The molecule has 134 valence electrons. The number of amides is 1. The number of hydrogen-bond donors (Lipinski definition) is 0. The van der Waals surface area contributed by atoms with Crippen molar-refractivity contribution < 1.29 is 18.3 Å². The van der Waals surface area contributed by atoms with Gasteiger partial charge in [-0.2, -0.15) is 0 Å². The molecule has 2 aliphatic rings. The van der Waals surface area contributed by atoms with Crippen LogP contribution >= 0.6 is 11.3 Å². The second kappa shape index (κ2) is 6.87. The zero-order chi connectivity index (χ0) is 17.3. The normalized spacial score (nSPS) is 24.5. The summed E-state index contributed by atoms with van der Waals surface area (Å²) in [4.78, 5) is 16.0. The first-order valence-electron chi connectivity index (χ1n) is 8.22. The lowest BCUT2D eigenvalue weighted by atomic mass is 10.1. The molecule has 2 aliphatic heterocycles. The Morgan fingerprint density at radius 3 is 2.62 bits per heavy atom. The number of morpholine rings is 1. The Kier molecular flexibility index (Phi) is 5.00. The van der Waals surface area contributed by atoms with Crippen LogP contribution in [0, 0.1) is 0 Å². The van der Waals surface area contributed by atoms with Gasteiger partial charge in [0.05, 0.1) is 13.2 Å². The van der Waals surface area contributed by atoms with E-state index in [0.717, 1.165) is 10.1 Å². The monoisotopic (exact) mass is 360 g/mol. The summed E-state index contributed by atoms with van der Waals surface area (Å²) < 4.78 is 32.1. The van der Waals surface area contributed by atoms with Crippen LogP contribution in [0.3, 0.4) is 0 Å². The minimum absolute atomic E-state index is 0.0853. The molecule has 0 radical (unpaired) electrons. The van der Waals surface area contributed by atoms with E-state index in [1.54, 1.807) is 0 Å². The van der Waals surface area contributed by atoms with E-state index in [2.05, 4.69) is 24.0 Å². The number of likely N-dealkylation sites (tertiary alicyclic amines) is 1. The van der Waals surface area contributed by atoms with E-state index in [0.29, 0.717) is 25.6 Å². The summed E-state index contributed by atoms with van der Waals surface area (Å²) in [6.45, 7) is 5.73. The molecule has 0 aromatic carbocycles. The van der Waals surface area contributed by atoms with Crippen molar-refractivity contribution in [2.45, 2.75) is 44.6 Å². The van der Waals surface area contributed by atoms with Crippen LogP contribution in [0.1, 0.15) is 37.6 Å². The molecule has 2 saturated heterocycles. The van der Waals surface area contributed by atoms with Crippen molar-refractivity contribution in [1.29, 1.82) is 0 Å². The molecule has 24 heavy (non-hydrogen) atoms. The van der Waals surface area contributed by atoms with Crippen molar-refractivity contribution in [3.63, 3.8) is 0 Å². The fourth-order valence-electron chi connectivity index (χ4n) is 2.82. The van der Waals surface area contributed by atoms with Crippen molar-refractivity contribution in [3.8, 4) is 0 Å². The van der Waals surface area contributed by atoms with E-state index in [4.69, 9.17) is 4.74 Å². The van der Waals surface area contributed by atoms with Crippen LogP contribution in [0.2, 0.25) is 0 Å². The Morgan fingerprint density at radius 2 is 2.00 bits per heavy atom. The fourth-order valence-corrected chi connectivity index (χ4v) is 3.70. The maximum atomic E-state index is 13.2. The van der Waals surface area contributed by atoms with E-state index in [-0.39, 0.29) is 31.8 Å². The molecular formula is C15H22F2N4O2S. The SMILES string of the molecule is CC(C)c1nnc(N2CCOC(C(=O)N3CCC(F)(F)CC3)C2)s1. The fraction of sp³-hybridized carbons (Fsp3) is 0.800. The van der Waals surface area contributed by atoms with Gasteiger partial charge in [0.2, 0.25) is 5.13 Å². The Hall–Kier alpha value is -1.35. The average molecular weight is 360 g/mol. The number of rotatable bonds is 3. The maximum Gasteiger partial charge on any atom is 0.253 e. The number of ether oxygens (including phenoxy) is 1. The minimum Gasteiger partial charge on any atom is -0.365 e. The summed E-state index contributed by atoms with van der Waals surface area (Å²) in [7, 11) is 0. The zero-order valence-electron chi connectivity index (χ0n) is 13.9. The molecule has 0 saturated carbocycles. The molecular weight excluding hydrogens is 338 g/mol. The molecule has 1 aromatic heterocycles. The highest BCUT2D eigenvalue weighted by molar-refractivity contribution is 7.15. The summed E-state index contributed by atoms with van der Waals surface area (Å²) in [5.41, 5.74) is 0. The zero-order valence-corrected chi connectivity index (χ0v) is 14.7. The predicted molar refractivity (Wildman–Crippen MR) is 86.7 cm³/mol. The van der Waals surface area contributed by atoms with E-state index < -0.39 is 12.0 Å². The molecule has 3 heterocycles. The van der Waals surface area contributed by atoms with Crippen molar-refractivity contribution in [1.82, 2.24) is 15.1 Å². The first-order valence-corrected chi connectivity index (χ1v) is 9.04. The van der Waals surface area contributed by atoms with Crippen LogP contribution in [-0.2, 0) is 9.53 Å². The molecule has 0 bridgehead atoms. The van der Waals surface area contributed by atoms with Gasteiger partial charge in [0.25, 0.3) is 11.8 Å². The van der Waals surface area contributed by atoms with E-state index in [1.807, 2.05) is 4.90 Å². The molecule has 2 fully saturated rings. The van der Waals surface area contributed by atoms with Crippen LogP contribution in [-0.4, -0.2) is 65.8 Å². The largest absolute Gasteiger partial charge is 0.365 e. The Labute approximate surface area is 143 Å². The van der Waals surface area contributed by atoms with Gasteiger partial charge in [-0.25, -0.2) is 8.78 Å². The molecule has 9 heteroatoms. The number of nitrogens with zero attached hydrogens (tertiary/aromatic N) is 4. The number of aromatic nitrogens is 2. The van der Waals surface area contributed by atoms with Gasteiger partial charge in [0.1, 0.15) is 5.01 Å². The first kappa shape index (κ1) is 17.5. The van der Waals surface area contributed by atoms with E-state index in [1.165, 1.54) is 16.2 Å². The van der Waals surface area contributed by atoms with Crippen LogP contribution in [0.4, 0.5) is 13.9 Å². The first-order chi connectivity index (χ1) is 11.4. The average Bonchev–Trinajstić information content (AvgIpc) is 3.05. The van der Waals surface area contributed by atoms with Gasteiger partial charge in [-0.05, 0) is 0 Å². The quantitative estimate of drug-likeness (QED) is 0.826. The van der Waals surface area contributed by atoms with E-state index >= 15 is 0 Å². The molecule has 6 nitrogen and oxygen atoms in total. The molecule has 0 aliphatic carbocycles. The third-order valence-electron chi connectivity index (χ3n) is 4.34. The molecule has 3 rings (SSSR count). The van der Waals surface area contributed by atoms with Crippen molar-refractivity contribution in [2.75, 3.05) is 37.7 Å². The molecule has 1 aromatic rings. The number of piperidine rings is 1. The minimum atomic E-state index is -2.66. The third kappa shape index (κ3) is 3.83. The molecule has 0 spiro atoms. The van der Waals surface area contributed by atoms with Crippen molar-refractivity contribution in [3.05, 3.63) is 5.01 Å². The summed E-state index contributed by atoms with van der Waals surface area (Å²) in [5.74, 6) is -2.55. The van der Waals surface area contributed by atoms with Crippen LogP contribution in [0.15, 0.2) is 0 Å². The van der Waals surface area contributed by atoms with Gasteiger partial charge in [0, 0.05) is 38.4 Å². The summed E-state index contributed by atoms with van der Waals surface area (Å²) in [6, 6.07) is 0. The summed E-state index contributed by atoms with van der Waals surface area (Å²) in [5, 5.41) is 10.1. The van der Waals surface area contributed by atoms with Gasteiger partial charge in [-0.3, -0.25) is 4.79 Å². The Balaban J connectivity index is 1.61. The van der Waals surface area contributed by atoms with Crippen LogP contribution in [0.5, 0.6) is 0 Å². The highest BCUT2D eigenvalue weighted by Gasteiger charge is 2.38. The second-order valence-corrected chi connectivity index (χ2v) is 7.55. The predicted octanol–water partition coefficient (Wildman–Crippen LogP) is 2.12. The smallest absolute Gasteiger partial charge is 0.253 e. The van der Waals surface area contributed by atoms with Gasteiger partial charge in [-0.15, -0.1) is 10.2 Å². The third-order valence-corrected chi connectivity index (χ3v) is 5.63. The van der Waals surface area contributed by atoms with Gasteiger partial charge >= 0.3 is 0 Å². The van der Waals surface area contributed by atoms with Crippen LogP contribution in [0.25, 0.3) is 0 Å². The molecule has 1 unspecified atom stereocenters. The number of halogens is 2. The topological polar surface area (TPSA) is 58.6 Å². The lowest BCUT2D eigenvalue weighted by Gasteiger charge is -2.37. The maximum absolute atomic E-state index is 13.2. The molecule has 1 amide bonds. The van der Waals surface area contributed by atoms with Crippen LogP contribution < -0.4 is 4.90 Å². The Bertz CT molecular complexity index is 586. The highest BCUT2D eigenvalue weighted by Crippen LogP contribution is 2.29. The number of alkyl halides is 2. The van der Waals surface area contributed by atoms with Gasteiger partial charge in [-0.1, -0.05) is 25.2 Å². The molecule has 0 N–H and O–H groups in total. The highest BCUT2D eigenvalue weighted by atomic mass is 32.1. The lowest BCUT2D eigenvalue weighted by molar-refractivity contribution is -0.150. The standard InChI is InChI=1S/C15H22F2N4O2S/c1-10(2)12-18-19-14(24-12)21-7-8-23-11(9-21)13(22)20-5-3-15(16,17)4-6-20/h10-11H,3-9H2,1-2H3. The van der Waals surface area contributed by atoms with Gasteiger partial charge in [0.15, 0.2) is 6.10 Å². The number of hydrogen-bond acceptors (Lipinski definition) is 6. The molecule has 1 atom stereocenters. The Morgan fingerprint density at radius 1 is 1.29 bits per heavy atom. The summed E-state index contributed by atoms with van der Waals surface area (Å²) in [6.07, 6.45) is -1.18. The second-order valence-electron chi connectivity index (χ2n) is 6.56. The van der Waals surface area contributed by atoms with Crippen molar-refractivity contribution in [2.24, 2.45) is 0 Å². The number of carbonyl (C=O) groups excluding carboxylic acids is 1. The lowest BCUT2D eigenvalue weighted by Crippen LogP contribution is -2.53. The van der Waals surface area contributed by atoms with Gasteiger partial charge < -0.3 is 14.5 Å². The number of anilines is 1. The van der Waals surface area contributed by atoms with E-state index in [9.17, 15) is 13.6 Å². The van der Waals surface area contributed by atoms with Crippen molar-refractivity contribution >= 4 is 22.4 Å². The summed E-state index contributed by atoms with van der Waals surface area (Å²) >= 11 is 1.52.